The van der Waals surface area contributed by atoms with Gasteiger partial charge in [0.05, 0.1) is 5.92 Å². The van der Waals surface area contributed by atoms with E-state index in [1.807, 2.05) is 0 Å². The van der Waals surface area contributed by atoms with E-state index < -0.39 is 11.7 Å². The van der Waals surface area contributed by atoms with E-state index in [0.717, 1.165) is 6.42 Å². The topological polar surface area (TPSA) is 49.4 Å². The zero-order valence-corrected chi connectivity index (χ0v) is 16.7. The van der Waals surface area contributed by atoms with Crippen LogP contribution >= 0.6 is 0 Å². The molecule has 29 heavy (non-hydrogen) atoms. The van der Waals surface area contributed by atoms with E-state index in [2.05, 4.69) is 19.2 Å². The summed E-state index contributed by atoms with van der Waals surface area (Å²) in [5.74, 6) is -1.47. The molecule has 4 nitrogen and oxygen atoms in total. The van der Waals surface area contributed by atoms with Crippen molar-refractivity contribution >= 4 is 11.8 Å². The lowest BCUT2D eigenvalue weighted by atomic mass is 9.88. The third kappa shape index (κ3) is 5.19. The number of likely N-dealkylation sites (tertiary alicyclic amines) is 1. The highest BCUT2D eigenvalue weighted by atomic mass is 19.1. The summed E-state index contributed by atoms with van der Waals surface area (Å²) in [5, 5.41) is 2.96. The number of halogens is 2. The first kappa shape index (κ1) is 21.0. The van der Waals surface area contributed by atoms with Gasteiger partial charge in [-0.1, -0.05) is 26.0 Å². The molecule has 0 saturated carbocycles. The van der Waals surface area contributed by atoms with E-state index in [1.54, 1.807) is 17.0 Å². The largest absolute Gasteiger partial charge is 0.356 e. The Balaban J connectivity index is 1.80. The summed E-state index contributed by atoms with van der Waals surface area (Å²) in [7, 11) is 0. The first-order chi connectivity index (χ1) is 13.8. The summed E-state index contributed by atoms with van der Waals surface area (Å²) < 4.78 is 27.0. The van der Waals surface area contributed by atoms with Gasteiger partial charge < -0.3 is 10.2 Å². The molecule has 0 radical (unpaired) electrons. The fourth-order valence-electron chi connectivity index (χ4n) is 3.70. The Morgan fingerprint density at radius 1 is 1.07 bits per heavy atom. The third-order valence-corrected chi connectivity index (χ3v) is 5.33. The molecule has 2 aromatic rings. The molecular weight excluding hydrogens is 374 g/mol. The maximum Gasteiger partial charge on any atom is 0.253 e. The Bertz CT molecular complexity index is 867. The average molecular weight is 400 g/mol. The summed E-state index contributed by atoms with van der Waals surface area (Å²) in [5.41, 5.74) is 1.06. The molecule has 154 valence electrons. The highest BCUT2D eigenvalue weighted by Gasteiger charge is 2.40. The van der Waals surface area contributed by atoms with Crippen LogP contribution in [-0.4, -0.2) is 36.3 Å². The van der Waals surface area contributed by atoms with Gasteiger partial charge in [-0.15, -0.1) is 0 Å². The van der Waals surface area contributed by atoms with E-state index in [9.17, 15) is 18.4 Å². The number of carbonyl (C=O) groups excluding carboxylic acids is 2. The van der Waals surface area contributed by atoms with Gasteiger partial charge in [0, 0.05) is 31.1 Å². The zero-order valence-electron chi connectivity index (χ0n) is 16.7. The van der Waals surface area contributed by atoms with Crippen molar-refractivity contribution in [3.63, 3.8) is 0 Å². The minimum absolute atomic E-state index is 0.130. The van der Waals surface area contributed by atoms with Crippen LogP contribution in [0.4, 0.5) is 8.78 Å². The summed E-state index contributed by atoms with van der Waals surface area (Å²) in [6.45, 7) is 5.28. The molecule has 1 saturated heterocycles. The molecule has 0 bridgehead atoms. The highest BCUT2D eigenvalue weighted by Crippen LogP contribution is 2.34. The Morgan fingerprint density at radius 3 is 2.45 bits per heavy atom. The van der Waals surface area contributed by atoms with Gasteiger partial charge in [0.2, 0.25) is 5.91 Å². The van der Waals surface area contributed by atoms with Crippen LogP contribution in [0.3, 0.4) is 0 Å². The van der Waals surface area contributed by atoms with Gasteiger partial charge in [-0.25, -0.2) is 8.78 Å². The summed E-state index contributed by atoms with van der Waals surface area (Å²) in [6, 6.07) is 11.5. The van der Waals surface area contributed by atoms with Crippen molar-refractivity contribution < 1.29 is 18.4 Å². The molecule has 2 aromatic carbocycles. The molecule has 0 unspecified atom stereocenters. The standard InChI is InChI=1S/C23H26F2N2O2/c1-15(2)10-11-26-22(28)21-14-27(23(29)16-6-8-18(24)9-7-16)13-20(21)17-4-3-5-19(25)12-17/h3-9,12,15,20-21H,10-11,13-14H2,1-2H3,(H,26,28)/t20-,21-/m0/s1. The first-order valence-electron chi connectivity index (χ1n) is 9.93. The number of amides is 2. The summed E-state index contributed by atoms with van der Waals surface area (Å²) in [6.07, 6.45) is 0.862. The quantitative estimate of drug-likeness (QED) is 0.797. The lowest BCUT2D eigenvalue weighted by molar-refractivity contribution is -0.124. The van der Waals surface area contributed by atoms with Crippen LogP contribution in [0.5, 0.6) is 0 Å². The van der Waals surface area contributed by atoms with E-state index in [1.165, 1.54) is 36.4 Å². The van der Waals surface area contributed by atoms with Crippen LogP contribution in [0, 0.1) is 23.5 Å². The fraction of sp³-hybridized carbons (Fsp3) is 0.391. The molecule has 1 N–H and O–H groups in total. The van der Waals surface area contributed by atoms with Gasteiger partial charge in [0.25, 0.3) is 5.91 Å². The number of rotatable bonds is 6. The van der Waals surface area contributed by atoms with Crippen LogP contribution in [0.1, 0.15) is 42.1 Å². The normalized spacial score (nSPS) is 18.9. The van der Waals surface area contributed by atoms with Crippen LogP contribution in [0.2, 0.25) is 0 Å². The summed E-state index contributed by atoms with van der Waals surface area (Å²) >= 11 is 0. The van der Waals surface area contributed by atoms with E-state index in [-0.39, 0.29) is 30.1 Å². The predicted octanol–water partition coefficient (Wildman–Crippen LogP) is 3.98. The maximum atomic E-state index is 13.8. The average Bonchev–Trinajstić information content (AvgIpc) is 3.13. The van der Waals surface area contributed by atoms with E-state index >= 15 is 0 Å². The van der Waals surface area contributed by atoms with Crippen LogP contribution in [0.15, 0.2) is 48.5 Å². The maximum absolute atomic E-state index is 13.8. The molecule has 1 heterocycles. The fourth-order valence-corrected chi connectivity index (χ4v) is 3.70. The monoisotopic (exact) mass is 400 g/mol. The minimum Gasteiger partial charge on any atom is -0.356 e. The first-order valence-corrected chi connectivity index (χ1v) is 9.93. The zero-order chi connectivity index (χ0) is 21.0. The van der Waals surface area contributed by atoms with Crippen molar-refractivity contribution in [1.82, 2.24) is 10.2 Å². The minimum atomic E-state index is -0.464. The van der Waals surface area contributed by atoms with Crippen LogP contribution in [0.25, 0.3) is 0 Å². The lowest BCUT2D eigenvalue weighted by Crippen LogP contribution is -2.36. The predicted molar refractivity (Wildman–Crippen MR) is 107 cm³/mol. The van der Waals surface area contributed by atoms with E-state index in [4.69, 9.17) is 0 Å². The van der Waals surface area contributed by atoms with Gasteiger partial charge in [-0.05, 0) is 54.3 Å². The second kappa shape index (κ2) is 9.16. The molecule has 3 rings (SSSR count). The molecule has 2 amide bonds. The van der Waals surface area contributed by atoms with Crippen molar-refractivity contribution in [2.45, 2.75) is 26.2 Å². The van der Waals surface area contributed by atoms with Crippen molar-refractivity contribution in [3.05, 3.63) is 71.3 Å². The van der Waals surface area contributed by atoms with Crippen molar-refractivity contribution in [1.29, 1.82) is 0 Å². The molecule has 6 heteroatoms. The summed E-state index contributed by atoms with van der Waals surface area (Å²) in [4.78, 5) is 27.3. The molecule has 2 atom stereocenters. The third-order valence-electron chi connectivity index (χ3n) is 5.33. The van der Waals surface area contributed by atoms with Gasteiger partial charge >= 0.3 is 0 Å². The van der Waals surface area contributed by atoms with Gasteiger partial charge in [0.1, 0.15) is 11.6 Å². The Kier molecular flexibility index (Phi) is 6.62. The van der Waals surface area contributed by atoms with Crippen molar-refractivity contribution in [2.24, 2.45) is 11.8 Å². The van der Waals surface area contributed by atoms with Gasteiger partial charge in [0.15, 0.2) is 0 Å². The molecule has 1 fully saturated rings. The van der Waals surface area contributed by atoms with Crippen molar-refractivity contribution in [2.75, 3.05) is 19.6 Å². The second-order valence-electron chi connectivity index (χ2n) is 7.96. The highest BCUT2D eigenvalue weighted by molar-refractivity contribution is 5.95. The number of hydrogen-bond donors (Lipinski definition) is 1. The van der Waals surface area contributed by atoms with E-state index in [0.29, 0.717) is 30.1 Å². The molecule has 1 aliphatic heterocycles. The van der Waals surface area contributed by atoms with Crippen molar-refractivity contribution in [3.8, 4) is 0 Å². The van der Waals surface area contributed by atoms with Crippen LogP contribution in [-0.2, 0) is 4.79 Å². The van der Waals surface area contributed by atoms with Gasteiger partial charge in [-0.3, -0.25) is 9.59 Å². The Morgan fingerprint density at radius 2 is 1.79 bits per heavy atom. The smallest absolute Gasteiger partial charge is 0.253 e. The SMILES string of the molecule is CC(C)CCNC(=O)[C@H]1CN(C(=O)c2ccc(F)cc2)C[C@H]1c1cccc(F)c1. The number of nitrogens with one attached hydrogen (secondary N) is 1. The molecular formula is C23H26F2N2O2. The number of carbonyl (C=O) groups is 2. The second-order valence-corrected chi connectivity index (χ2v) is 7.96. The lowest BCUT2D eigenvalue weighted by Gasteiger charge is -2.18. The van der Waals surface area contributed by atoms with Crippen LogP contribution < -0.4 is 5.32 Å². The molecule has 0 spiro atoms. The number of hydrogen-bond acceptors (Lipinski definition) is 2. The number of nitrogens with zero attached hydrogens (tertiary/aromatic N) is 1. The van der Waals surface area contributed by atoms with Gasteiger partial charge in [-0.2, -0.15) is 0 Å². The molecule has 1 aliphatic rings. The molecule has 0 aliphatic carbocycles. The Hall–Kier alpha value is -2.76. The molecule has 0 aromatic heterocycles. The number of benzene rings is 2. The Labute approximate surface area is 169 Å².